The molecular formula is C11H16BNOS. The zero-order valence-electron chi connectivity index (χ0n) is 8.93. The molecule has 0 amide bonds. The molecule has 0 radical (unpaired) electrons. The fourth-order valence-electron chi connectivity index (χ4n) is 2.15. The van der Waals surface area contributed by atoms with Gasteiger partial charge in [-0.3, -0.25) is 0 Å². The minimum atomic E-state index is -0.320. The van der Waals surface area contributed by atoms with E-state index in [0.717, 1.165) is 24.4 Å². The van der Waals surface area contributed by atoms with Gasteiger partial charge in [-0.05, 0) is 49.9 Å². The van der Waals surface area contributed by atoms with E-state index in [9.17, 15) is 5.02 Å². The van der Waals surface area contributed by atoms with Crippen molar-refractivity contribution in [3.05, 3.63) is 29.8 Å². The van der Waals surface area contributed by atoms with Gasteiger partial charge in [0.05, 0.1) is 0 Å². The molecule has 0 bridgehead atoms. The molecule has 1 heterocycles. The Morgan fingerprint density at radius 1 is 1.40 bits per heavy atom. The van der Waals surface area contributed by atoms with E-state index in [1.54, 1.807) is 0 Å². The second-order valence-corrected chi connectivity index (χ2v) is 4.72. The molecule has 1 aromatic carbocycles. The van der Waals surface area contributed by atoms with Crippen LogP contribution in [0.25, 0.3) is 0 Å². The van der Waals surface area contributed by atoms with Crippen molar-refractivity contribution in [3.63, 3.8) is 0 Å². The zero-order valence-corrected chi connectivity index (χ0v) is 9.82. The summed E-state index contributed by atoms with van der Waals surface area (Å²) in [6.07, 6.45) is 1.14. The van der Waals surface area contributed by atoms with Crippen LogP contribution in [0.3, 0.4) is 0 Å². The van der Waals surface area contributed by atoms with Gasteiger partial charge in [0.2, 0.25) is 0 Å². The maximum absolute atomic E-state index is 9.47. The summed E-state index contributed by atoms with van der Waals surface area (Å²) in [5.41, 5.74) is 1.36. The van der Waals surface area contributed by atoms with Crippen molar-refractivity contribution < 1.29 is 5.02 Å². The van der Waals surface area contributed by atoms with E-state index in [1.807, 2.05) is 19.0 Å². The van der Waals surface area contributed by atoms with Crippen LogP contribution in [-0.4, -0.2) is 30.0 Å². The second-order valence-electron chi connectivity index (χ2n) is 4.20. The fraction of sp³-hybridized carbons (Fsp3) is 0.455. The van der Waals surface area contributed by atoms with Gasteiger partial charge in [-0.2, -0.15) is 0 Å². The van der Waals surface area contributed by atoms with Crippen molar-refractivity contribution in [2.75, 3.05) is 13.1 Å². The Morgan fingerprint density at radius 3 is 2.60 bits per heavy atom. The van der Waals surface area contributed by atoms with E-state index in [2.05, 4.69) is 29.6 Å². The number of benzene rings is 1. The molecule has 0 spiro atoms. The highest BCUT2D eigenvalue weighted by Gasteiger charge is 2.27. The molecule has 1 atom stereocenters. The summed E-state index contributed by atoms with van der Waals surface area (Å²) in [6.45, 7) is 3.79. The van der Waals surface area contributed by atoms with Crippen LogP contribution in [0.1, 0.15) is 17.9 Å². The molecule has 0 unspecified atom stereocenters. The van der Waals surface area contributed by atoms with Crippen LogP contribution in [0.5, 0.6) is 0 Å². The molecule has 1 aliphatic heterocycles. The molecular weight excluding hydrogens is 205 g/mol. The van der Waals surface area contributed by atoms with E-state index in [0.29, 0.717) is 5.92 Å². The average molecular weight is 221 g/mol. The third kappa shape index (κ3) is 2.57. The Kier molecular flexibility index (Phi) is 3.39. The molecule has 4 heteroatoms. The molecule has 1 N–H and O–H groups in total. The van der Waals surface area contributed by atoms with Gasteiger partial charge in [-0.1, -0.05) is 12.1 Å². The summed E-state index contributed by atoms with van der Waals surface area (Å²) in [5, 5.41) is 9.47. The van der Waals surface area contributed by atoms with E-state index in [1.165, 1.54) is 5.56 Å². The zero-order chi connectivity index (χ0) is 10.8. The first kappa shape index (κ1) is 11.1. The third-order valence-electron chi connectivity index (χ3n) is 3.11. The van der Waals surface area contributed by atoms with E-state index in [-0.39, 0.29) is 7.05 Å². The Labute approximate surface area is 96.8 Å². The first-order valence-corrected chi connectivity index (χ1v) is 5.82. The van der Waals surface area contributed by atoms with Crippen molar-refractivity contribution >= 4 is 19.7 Å². The molecule has 0 aromatic heterocycles. The van der Waals surface area contributed by atoms with Crippen LogP contribution >= 0.6 is 12.6 Å². The van der Waals surface area contributed by atoms with Gasteiger partial charge < -0.3 is 9.83 Å². The smallest absolute Gasteiger partial charge is 0.376 e. The predicted octanol–water partition coefficient (Wildman–Crippen LogP) is 1.87. The molecule has 0 saturated carbocycles. The molecule has 80 valence electrons. The first-order valence-electron chi connectivity index (χ1n) is 5.38. The summed E-state index contributed by atoms with van der Waals surface area (Å²) in [5.74, 6) is 0.563. The van der Waals surface area contributed by atoms with Crippen molar-refractivity contribution in [3.8, 4) is 0 Å². The van der Waals surface area contributed by atoms with Crippen LogP contribution in [-0.2, 0) is 0 Å². The predicted molar refractivity (Wildman–Crippen MR) is 66.5 cm³/mol. The van der Waals surface area contributed by atoms with E-state index >= 15 is 0 Å². The second kappa shape index (κ2) is 4.60. The number of rotatable bonds is 2. The van der Waals surface area contributed by atoms with Gasteiger partial charge in [-0.15, -0.1) is 12.6 Å². The van der Waals surface area contributed by atoms with Crippen molar-refractivity contribution in [2.24, 2.45) is 0 Å². The summed E-state index contributed by atoms with van der Waals surface area (Å²) in [6, 6.07) is 8.34. The highest BCUT2D eigenvalue weighted by atomic mass is 32.1. The van der Waals surface area contributed by atoms with Gasteiger partial charge in [0, 0.05) is 4.90 Å². The van der Waals surface area contributed by atoms with Gasteiger partial charge in [0.25, 0.3) is 0 Å². The monoisotopic (exact) mass is 221 g/mol. The Bertz CT molecular complexity index is 328. The lowest BCUT2D eigenvalue weighted by Crippen LogP contribution is -2.34. The number of hydrogen-bond donors (Lipinski definition) is 2. The largest absolute Gasteiger partial charge is 0.437 e. The Morgan fingerprint density at radius 2 is 2.07 bits per heavy atom. The Balaban J connectivity index is 2.04. The van der Waals surface area contributed by atoms with Gasteiger partial charge in [0.1, 0.15) is 0 Å². The number of hydrogen-bond acceptors (Lipinski definition) is 3. The third-order valence-corrected chi connectivity index (χ3v) is 3.41. The quantitative estimate of drug-likeness (QED) is 0.588. The van der Waals surface area contributed by atoms with Gasteiger partial charge >= 0.3 is 7.05 Å². The van der Waals surface area contributed by atoms with Crippen LogP contribution in [0.2, 0.25) is 6.82 Å². The first-order chi connectivity index (χ1) is 7.16. The minimum absolute atomic E-state index is 0.320. The number of nitrogens with zero attached hydrogens (tertiary/aromatic N) is 1. The summed E-state index contributed by atoms with van der Waals surface area (Å²) >= 11 is 4.27. The lowest BCUT2D eigenvalue weighted by Gasteiger charge is -2.16. The normalized spacial score (nSPS) is 21.9. The highest BCUT2D eigenvalue weighted by molar-refractivity contribution is 7.80. The molecule has 1 aromatic rings. The maximum atomic E-state index is 9.47. The molecule has 1 aliphatic rings. The summed E-state index contributed by atoms with van der Waals surface area (Å²) < 4.78 is 0. The molecule has 1 saturated heterocycles. The van der Waals surface area contributed by atoms with Crippen LogP contribution in [0.4, 0.5) is 0 Å². The van der Waals surface area contributed by atoms with Gasteiger partial charge in [-0.25, -0.2) is 0 Å². The van der Waals surface area contributed by atoms with Crippen molar-refractivity contribution in [1.82, 2.24) is 4.81 Å². The molecule has 2 rings (SSSR count). The van der Waals surface area contributed by atoms with Crippen LogP contribution < -0.4 is 0 Å². The van der Waals surface area contributed by atoms with Crippen LogP contribution in [0, 0.1) is 0 Å². The molecule has 2 nitrogen and oxygen atoms in total. The molecule has 15 heavy (non-hydrogen) atoms. The molecule has 1 fully saturated rings. The van der Waals surface area contributed by atoms with Crippen molar-refractivity contribution in [2.45, 2.75) is 24.1 Å². The fourth-order valence-corrected chi connectivity index (χ4v) is 2.29. The van der Waals surface area contributed by atoms with Gasteiger partial charge in [0.15, 0.2) is 0 Å². The number of thiol groups is 1. The SMILES string of the molecule is CB(O)N1CC[C@@H](c2ccc(S)cc2)C1. The summed E-state index contributed by atoms with van der Waals surface area (Å²) in [4.78, 5) is 3.11. The topological polar surface area (TPSA) is 23.5 Å². The van der Waals surface area contributed by atoms with Crippen molar-refractivity contribution in [1.29, 1.82) is 0 Å². The van der Waals surface area contributed by atoms with E-state index < -0.39 is 0 Å². The average Bonchev–Trinajstić information content (AvgIpc) is 2.68. The standard InChI is InChI=1S/C11H16BNOS/c1-12(14)13-7-6-10(8-13)9-2-4-11(15)5-3-9/h2-5,10,14-15H,6-8H2,1H3/t10-/m1/s1. The maximum Gasteiger partial charge on any atom is 0.376 e. The lowest BCUT2D eigenvalue weighted by molar-refractivity contribution is 0.420. The molecule has 0 aliphatic carbocycles. The van der Waals surface area contributed by atoms with E-state index in [4.69, 9.17) is 0 Å². The Hall–Kier alpha value is -0.445. The highest BCUT2D eigenvalue weighted by Crippen LogP contribution is 2.27. The van der Waals surface area contributed by atoms with Crippen LogP contribution in [0.15, 0.2) is 29.2 Å². The summed E-state index contributed by atoms with van der Waals surface area (Å²) in [7, 11) is -0.320. The minimum Gasteiger partial charge on any atom is -0.437 e. The lowest BCUT2D eigenvalue weighted by atomic mass is 9.85.